The van der Waals surface area contributed by atoms with E-state index in [1.807, 2.05) is 12.2 Å². The van der Waals surface area contributed by atoms with Gasteiger partial charge in [-0.15, -0.1) is 40.1 Å². The Kier molecular flexibility index (Phi) is 15.4. The van der Waals surface area contributed by atoms with Gasteiger partial charge in [0.1, 0.15) is 0 Å². The van der Waals surface area contributed by atoms with Crippen LogP contribution in [0.4, 0.5) is 0 Å². The molecule has 170 valence electrons. The van der Waals surface area contributed by atoms with E-state index >= 15 is 0 Å². The Morgan fingerprint density at radius 1 is 0.875 bits per heavy atom. The summed E-state index contributed by atoms with van der Waals surface area (Å²) in [6.07, 6.45) is 10.0. The Morgan fingerprint density at radius 3 is 1.94 bits per heavy atom. The summed E-state index contributed by atoms with van der Waals surface area (Å²) in [6.45, 7) is 18.0. The molecule has 1 aliphatic carbocycles. The normalized spacial score (nSPS) is 12.0. The molecule has 0 atom stereocenters. The van der Waals surface area contributed by atoms with Crippen molar-refractivity contribution in [3.8, 4) is 0 Å². The van der Waals surface area contributed by atoms with Crippen molar-refractivity contribution in [3.05, 3.63) is 77.9 Å². The number of fused-ring (bicyclic) bond motifs is 3. The zero-order valence-electron chi connectivity index (χ0n) is 20.7. The van der Waals surface area contributed by atoms with E-state index < -0.39 is 0 Å². The third kappa shape index (κ3) is 9.01. The van der Waals surface area contributed by atoms with E-state index in [2.05, 4.69) is 109 Å². The molecule has 0 spiro atoms. The van der Waals surface area contributed by atoms with Crippen LogP contribution in [-0.4, -0.2) is 9.52 Å². The second-order valence-electron chi connectivity index (χ2n) is 9.72. The van der Waals surface area contributed by atoms with Crippen LogP contribution in [0.15, 0.2) is 60.7 Å². The van der Waals surface area contributed by atoms with Crippen molar-refractivity contribution in [2.24, 2.45) is 0 Å². The summed E-state index contributed by atoms with van der Waals surface area (Å²) >= 11 is 0. The van der Waals surface area contributed by atoms with Crippen LogP contribution in [0, 0.1) is 6.08 Å². The zero-order chi connectivity index (χ0) is 21.7. The minimum atomic E-state index is 0. The monoisotopic (exact) mass is 650 g/mol. The van der Waals surface area contributed by atoms with Crippen molar-refractivity contribution in [3.63, 3.8) is 0 Å². The summed E-state index contributed by atoms with van der Waals surface area (Å²) in [5.74, 6) is 0. The second kappa shape index (κ2) is 14.7. The van der Waals surface area contributed by atoms with Crippen molar-refractivity contribution >= 4 is 31.1 Å². The minimum absolute atomic E-state index is 0. The molecule has 0 aliphatic heterocycles. The van der Waals surface area contributed by atoms with Gasteiger partial charge in [0.05, 0.1) is 0 Å². The van der Waals surface area contributed by atoms with Crippen LogP contribution in [0.25, 0.3) is 21.5 Å². The topological polar surface area (TPSA) is 0 Å². The molecule has 4 heteroatoms. The van der Waals surface area contributed by atoms with Crippen molar-refractivity contribution in [2.45, 2.75) is 71.9 Å². The van der Waals surface area contributed by atoms with E-state index in [1.54, 1.807) is 0 Å². The number of rotatable bonds is 0. The maximum Gasteiger partial charge on any atom is 4.00 e. The third-order valence-electron chi connectivity index (χ3n) is 5.01. The van der Waals surface area contributed by atoms with E-state index in [9.17, 15) is 0 Å². The molecule has 0 heterocycles. The second-order valence-corrected chi connectivity index (χ2v) is 10.7. The first-order valence-corrected chi connectivity index (χ1v) is 12.5. The van der Waals surface area contributed by atoms with E-state index in [-0.39, 0.29) is 61.5 Å². The fraction of sp³-hybridized carbons (Fsp3) is 0.393. The van der Waals surface area contributed by atoms with Gasteiger partial charge in [-0.1, -0.05) is 96.1 Å². The summed E-state index contributed by atoms with van der Waals surface area (Å²) in [5, 5.41) is 5.55. The third-order valence-corrected chi connectivity index (χ3v) is 5.01. The Hall–Kier alpha value is -0.543. The molecule has 32 heavy (non-hydrogen) atoms. The molecule has 0 N–H and O–H groups in total. The van der Waals surface area contributed by atoms with Gasteiger partial charge >= 0.3 is 25.8 Å². The van der Waals surface area contributed by atoms with Gasteiger partial charge in [-0.05, 0) is 10.8 Å². The first-order valence-electron chi connectivity index (χ1n) is 10.5. The van der Waals surface area contributed by atoms with Crippen molar-refractivity contribution in [1.29, 1.82) is 0 Å². The largest absolute Gasteiger partial charge is 4.00 e. The molecule has 0 nitrogen and oxygen atoms in total. The first-order chi connectivity index (χ1) is 13.6. The number of hydrogen-bond donors (Lipinski definition) is 0. The summed E-state index contributed by atoms with van der Waals surface area (Å²) in [5.41, 5.74) is 3.22. The molecule has 0 amide bonds. The number of allylic oxidation sites excluding steroid dienone is 4. The molecule has 0 saturated carbocycles. The van der Waals surface area contributed by atoms with E-state index in [0.717, 1.165) is 15.9 Å². The predicted octanol–water partition coefficient (Wildman–Crippen LogP) is 2.40. The van der Waals surface area contributed by atoms with Gasteiger partial charge < -0.3 is 24.8 Å². The molecule has 4 rings (SSSR count). The first kappa shape index (κ1) is 33.6. The summed E-state index contributed by atoms with van der Waals surface area (Å²) in [6, 6.07) is 16.0. The predicted molar refractivity (Wildman–Crippen MR) is 133 cm³/mol. The standard InChI is InChI=1S/C21H25.C5H5.C2H6Si.2ClH.Hf/c1-20(2,3)15-11-10-14-12-18-16(17(14)13-15)8-7-9-19(18)21(4,5)6;1-2-4-5-3-1;1-3-2;;;/h7-13H,1-6H3;1-3H,4H2;1-2H3;2*1H;/q2*-1;;;;+4/p-2. The summed E-state index contributed by atoms with van der Waals surface area (Å²) in [4.78, 5) is 0. The van der Waals surface area contributed by atoms with Gasteiger partial charge in [0.15, 0.2) is 0 Å². The molecule has 0 unspecified atom stereocenters. The molecule has 0 aromatic heterocycles. The van der Waals surface area contributed by atoms with Gasteiger partial charge in [0, 0.05) is 9.52 Å². The van der Waals surface area contributed by atoms with Gasteiger partial charge in [0.2, 0.25) is 0 Å². The quantitative estimate of drug-likeness (QED) is 0.260. The van der Waals surface area contributed by atoms with Crippen molar-refractivity contribution in [1.82, 2.24) is 0 Å². The van der Waals surface area contributed by atoms with Crippen LogP contribution < -0.4 is 24.8 Å². The molecule has 1 aliphatic rings. The SMILES string of the molecule is CC(C)(C)c1ccc2[cH-]c3c(C(C)(C)C)cccc3c2c1.C[Si]C.[C-]1=CC=CC1.[Cl-].[Cl-].[Hf+4]. The fourth-order valence-corrected chi connectivity index (χ4v) is 3.49. The molecule has 3 aromatic carbocycles. The van der Waals surface area contributed by atoms with E-state index in [4.69, 9.17) is 0 Å². The minimum Gasteiger partial charge on any atom is -1.00 e. The number of hydrogen-bond acceptors (Lipinski definition) is 0. The van der Waals surface area contributed by atoms with Crippen LogP contribution in [0.2, 0.25) is 13.1 Å². The van der Waals surface area contributed by atoms with Gasteiger partial charge in [-0.3, -0.25) is 6.08 Å². The Labute approximate surface area is 230 Å². The van der Waals surface area contributed by atoms with Gasteiger partial charge in [0.25, 0.3) is 0 Å². The van der Waals surface area contributed by atoms with E-state index in [1.165, 1.54) is 32.7 Å². The van der Waals surface area contributed by atoms with Crippen LogP contribution in [0.3, 0.4) is 0 Å². The molecule has 2 radical (unpaired) electrons. The number of halogens is 2. The average molecular weight is 650 g/mol. The van der Waals surface area contributed by atoms with Gasteiger partial charge in [-0.25, -0.2) is 12.2 Å². The van der Waals surface area contributed by atoms with Gasteiger partial charge in [-0.2, -0.15) is 6.08 Å². The molecule has 3 aromatic rings. The Balaban J connectivity index is 0. The Morgan fingerprint density at radius 2 is 1.50 bits per heavy atom. The van der Waals surface area contributed by atoms with Crippen molar-refractivity contribution in [2.75, 3.05) is 0 Å². The maximum atomic E-state index is 2.99. The molecule has 0 fully saturated rings. The zero-order valence-corrected chi connectivity index (χ0v) is 26.8. The summed E-state index contributed by atoms with van der Waals surface area (Å²) < 4.78 is 0. The van der Waals surface area contributed by atoms with E-state index in [0.29, 0.717) is 0 Å². The smallest absolute Gasteiger partial charge is 1.00 e. The fourth-order valence-electron chi connectivity index (χ4n) is 3.49. The molecule has 0 saturated heterocycles. The Bertz CT molecular complexity index is 992. The van der Waals surface area contributed by atoms with Crippen LogP contribution in [0.1, 0.15) is 59.1 Å². The molecular formula is C28H36Cl2HfSi. The van der Waals surface area contributed by atoms with Crippen LogP contribution in [-0.2, 0) is 36.7 Å². The van der Waals surface area contributed by atoms with Crippen LogP contribution in [0.5, 0.6) is 0 Å². The summed E-state index contributed by atoms with van der Waals surface area (Å²) in [7, 11) is 1.08. The maximum absolute atomic E-state index is 2.99. The van der Waals surface area contributed by atoms with Crippen molar-refractivity contribution < 1.29 is 50.7 Å². The molecular weight excluding hydrogens is 614 g/mol. The number of benzene rings is 2. The average Bonchev–Trinajstić information content (AvgIpc) is 3.31. The van der Waals surface area contributed by atoms with Crippen LogP contribution >= 0.6 is 0 Å². The molecule has 0 bridgehead atoms.